The molecule has 1 aromatic carbocycles. The van der Waals surface area contributed by atoms with Crippen LogP contribution in [-0.2, 0) is 0 Å². The Bertz CT molecular complexity index is 485. The van der Waals surface area contributed by atoms with Crippen LogP contribution in [-0.4, -0.2) is 23.2 Å². The quantitative estimate of drug-likeness (QED) is 0.699. The van der Waals surface area contributed by atoms with Gasteiger partial charge in [0.15, 0.2) is 0 Å². The van der Waals surface area contributed by atoms with Crippen molar-refractivity contribution in [3.8, 4) is 5.75 Å². The van der Waals surface area contributed by atoms with Crippen molar-refractivity contribution in [3.63, 3.8) is 0 Å². The zero-order chi connectivity index (χ0) is 11.4. The van der Waals surface area contributed by atoms with Crippen LogP contribution in [0.5, 0.6) is 5.75 Å². The molecule has 2 N–H and O–H groups in total. The summed E-state index contributed by atoms with van der Waals surface area (Å²) in [4.78, 5) is 11.2. The fourth-order valence-electron chi connectivity index (χ4n) is 2.48. The van der Waals surface area contributed by atoms with Crippen molar-refractivity contribution < 1.29 is 19.6 Å². The summed E-state index contributed by atoms with van der Waals surface area (Å²) in [5, 5.41) is 18.8. The Morgan fingerprint density at radius 2 is 2.31 bits per heavy atom. The molecule has 0 radical (unpaired) electrons. The number of aryl methyl sites for hydroxylation is 1. The van der Waals surface area contributed by atoms with Crippen molar-refractivity contribution in [1.82, 2.24) is 0 Å². The van der Waals surface area contributed by atoms with Crippen LogP contribution in [0.2, 0.25) is 5.82 Å². The maximum Gasteiger partial charge on any atom is 0.526 e. The maximum absolute atomic E-state index is 11.2. The number of aromatic carboxylic acids is 1. The molecule has 1 saturated carbocycles. The minimum Gasteiger partial charge on any atom is -0.535 e. The molecular formula is C11H11BO4. The molecule has 0 aromatic heterocycles. The Morgan fingerprint density at radius 3 is 3.00 bits per heavy atom. The topological polar surface area (TPSA) is 66.8 Å². The molecule has 3 rings (SSSR count). The smallest absolute Gasteiger partial charge is 0.526 e. The monoisotopic (exact) mass is 218 g/mol. The van der Waals surface area contributed by atoms with Crippen LogP contribution in [0.4, 0.5) is 0 Å². The number of carboxylic acid groups (broad SMARTS) is 1. The summed E-state index contributed by atoms with van der Waals surface area (Å²) < 4.78 is 5.33. The lowest BCUT2D eigenvalue weighted by Gasteiger charge is -2.21. The largest absolute Gasteiger partial charge is 0.535 e. The molecule has 2 atom stereocenters. The lowest BCUT2D eigenvalue weighted by Crippen LogP contribution is -2.27. The van der Waals surface area contributed by atoms with Crippen LogP contribution in [0, 0.1) is 6.92 Å². The van der Waals surface area contributed by atoms with Gasteiger partial charge in [-0.05, 0) is 30.4 Å². The summed E-state index contributed by atoms with van der Waals surface area (Å²) in [6.07, 6.45) is 0.885. The Morgan fingerprint density at radius 1 is 1.56 bits per heavy atom. The Balaban J connectivity index is 2.19. The van der Waals surface area contributed by atoms with Crippen LogP contribution >= 0.6 is 0 Å². The molecule has 1 heterocycles. The zero-order valence-corrected chi connectivity index (χ0v) is 8.80. The predicted octanol–water partition coefficient (Wildman–Crippen LogP) is 1.42. The predicted molar refractivity (Wildman–Crippen MR) is 57.8 cm³/mol. The number of carboxylic acids is 1. The first-order valence-corrected chi connectivity index (χ1v) is 5.31. The van der Waals surface area contributed by atoms with Gasteiger partial charge < -0.3 is 14.8 Å². The SMILES string of the molecule is Cc1ccc2c(c1C(=O)O)OB(O)C1CC21. The number of benzene rings is 1. The number of fused-ring (bicyclic) bond motifs is 3. The van der Waals surface area contributed by atoms with E-state index in [1.807, 2.05) is 6.07 Å². The minimum atomic E-state index is -0.999. The molecule has 0 bridgehead atoms. The molecule has 5 heteroatoms. The molecule has 0 spiro atoms. The van der Waals surface area contributed by atoms with Crippen molar-refractivity contribution in [2.45, 2.75) is 25.1 Å². The van der Waals surface area contributed by atoms with E-state index in [0.717, 1.165) is 12.0 Å². The van der Waals surface area contributed by atoms with Crippen molar-refractivity contribution in [2.75, 3.05) is 0 Å². The zero-order valence-electron chi connectivity index (χ0n) is 8.80. The van der Waals surface area contributed by atoms with E-state index in [9.17, 15) is 9.82 Å². The minimum absolute atomic E-state index is 0.150. The summed E-state index contributed by atoms with van der Waals surface area (Å²) in [5.74, 6) is -0.214. The van der Waals surface area contributed by atoms with Crippen LogP contribution in [0.1, 0.15) is 33.8 Å². The summed E-state index contributed by atoms with van der Waals surface area (Å²) in [6, 6.07) is 3.71. The molecule has 0 amide bonds. The maximum atomic E-state index is 11.2. The van der Waals surface area contributed by atoms with E-state index in [-0.39, 0.29) is 17.3 Å². The molecule has 1 aromatic rings. The summed E-state index contributed by atoms with van der Waals surface area (Å²) in [7, 11) is -0.850. The van der Waals surface area contributed by atoms with Crippen LogP contribution in [0.25, 0.3) is 0 Å². The van der Waals surface area contributed by atoms with E-state index in [1.165, 1.54) is 0 Å². The summed E-state index contributed by atoms with van der Waals surface area (Å²) in [6.45, 7) is 1.73. The van der Waals surface area contributed by atoms with Crippen molar-refractivity contribution in [2.24, 2.45) is 0 Å². The van der Waals surface area contributed by atoms with E-state index < -0.39 is 13.1 Å². The standard InChI is InChI=1S/C11H11BO4/c1-5-2-3-6-7-4-8(7)12(15)16-10(6)9(5)11(13)14/h2-3,7-8,15H,4H2,1H3,(H,13,14). The first-order chi connectivity index (χ1) is 7.59. The second kappa shape index (κ2) is 3.01. The lowest BCUT2D eigenvalue weighted by atomic mass is 9.77. The first-order valence-electron chi connectivity index (χ1n) is 5.31. The van der Waals surface area contributed by atoms with Gasteiger partial charge in [-0.25, -0.2) is 4.79 Å². The highest BCUT2D eigenvalue weighted by atomic mass is 16.5. The Labute approximate surface area is 93.0 Å². The molecule has 2 unspecified atom stereocenters. The third-order valence-electron chi connectivity index (χ3n) is 3.45. The fraction of sp³-hybridized carbons (Fsp3) is 0.364. The van der Waals surface area contributed by atoms with Gasteiger partial charge in [-0.2, -0.15) is 0 Å². The Hall–Kier alpha value is -1.49. The third-order valence-corrected chi connectivity index (χ3v) is 3.45. The number of hydrogen-bond acceptors (Lipinski definition) is 3. The van der Waals surface area contributed by atoms with Crippen LogP contribution < -0.4 is 4.65 Å². The molecule has 2 aliphatic rings. The fourth-order valence-corrected chi connectivity index (χ4v) is 2.48. The highest BCUT2D eigenvalue weighted by Gasteiger charge is 2.54. The Kier molecular flexibility index (Phi) is 1.83. The second-order valence-electron chi connectivity index (χ2n) is 4.50. The summed E-state index contributed by atoms with van der Waals surface area (Å²) in [5.41, 5.74) is 1.78. The van der Waals surface area contributed by atoms with Gasteiger partial charge in [0.1, 0.15) is 11.3 Å². The van der Waals surface area contributed by atoms with Gasteiger partial charge in [-0.1, -0.05) is 12.1 Å². The molecule has 1 aliphatic carbocycles. The van der Waals surface area contributed by atoms with Crippen LogP contribution in [0.15, 0.2) is 12.1 Å². The highest BCUT2D eigenvalue weighted by molar-refractivity contribution is 6.48. The molecule has 1 aliphatic heterocycles. The second-order valence-corrected chi connectivity index (χ2v) is 4.50. The first kappa shape index (κ1) is 9.72. The van der Waals surface area contributed by atoms with E-state index in [0.29, 0.717) is 11.3 Å². The molecule has 4 nitrogen and oxygen atoms in total. The van der Waals surface area contributed by atoms with Crippen molar-refractivity contribution in [3.05, 3.63) is 28.8 Å². The molecule has 1 fully saturated rings. The average Bonchev–Trinajstić information content (AvgIpc) is 2.96. The van der Waals surface area contributed by atoms with E-state index in [2.05, 4.69) is 0 Å². The number of carbonyl (C=O) groups is 1. The van der Waals surface area contributed by atoms with Gasteiger partial charge >= 0.3 is 13.1 Å². The molecule has 16 heavy (non-hydrogen) atoms. The van der Waals surface area contributed by atoms with Gasteiger partial charge in [-0.3, -0.25) is 0 Å². The van der Waals surface area contributed by atoms with Crippen molar-refractivity contribution >= 4 is 13.1 Å². The summed E-state index contributed by atoms with van der Waals surface area (Å²) >= 11 is 0. The normalized spacial score (nSPS) is 25.5. The van der Waals surface area contributed by atoms with Crippen molar-refractivity contribution in [1.29, 1.82) is 0 Å². The van der Waals surface area contributed by atoms with Gasteiger partial charge in [0, 0.05) is 5.82 Å². The van der Waals surface area contributed by atoms with Gasteiger partial charge in [0.25, 0.3) is 0 Å². The van der Waals surface area contributed by atoms with Gasteiger partial charge in [0.05, 0.1) is 0 Å². The van der Waals surface area contributed by atoms with Gasteiger partial charge in [-0.15, -0.1) is 0 Å². The molecular weight excluding hydrogens is 207 g/mol. The number of rotatable bonds is 1. The number of hydrogen-bond donors (Lipinski definition) is 2. The van der Waals surface area contributed by atoms with E-state index in [4.69, 9.17) is 9.76 Å². The van der Waals surface area contributed by atoms with E-state index in [1.54, 1.807) is 13.0 Å². The van der Waals surface area contributed by atoms with Gasteiger partial charge in [0.2, 0.25) is 0 Å². The third kappa shape index (κ3) is 1.18. The van der Waals surface area contributed by atoms with Crippen LogP contribution in [0.3, 0.4) is 0 Å². The lowest BCUT2D eigenvalue weighted by molar-refractivity contribution is 0.0693. The van der Waals surface area contributed by atoms with E-state index >= 15 is 0 Å². The molecule has 82 valence electrons. The average molecular weight is 218 g/mol. The molecule has 0 saturated heterocycles. The highest BCUT2D eigenvalue weighted by Crippen LogP contribution is 2.60.